The Morgan fingerprint density at radius 2 is 2.14 bits per heavy atom. The van der Waals surface area contributed by atoms with Gasteiger partial charge in [-0.25, -0.2) is 0 Å². The quantitative estimate of drug-likeness (QED) is 0.616. The molecule has 14 heavy (non-hydrogen) atoms. The van der Waals surface area contributed by atoms with Crippen molar-refractivity contribution < 1.29 is 5.11 Å². The van der Waals surface area contributed by atoms with Crippen LogP contribution in [0.25, 0.3) is 0 Å². The second kappa shape index (κ2) is 5.62. The van der Waals surface area contributed by atoms with Gasteiger partial charge in [0.2, 0.25) is 0 Å². The van der Waals surface area contributed by atoms with Gasteiger partial charge in [0.05, 0.1) is 6.61 Å². The maximum Gasteiger partial charge on any atom is 0.0584 e. The Bertz CT molecular complexity index is 272. The molecule has 78 valence electrons. The van der Waals surface area contributed by atoms with Crippen molar-refractivity contribution >= 4 is 5.69 Å². The van der Waals surface area contributed by atoms with E-state index in [1.54, 1.807) is 0 Å². The molecule has 0 saturated carbocycles. The minimum absolute atomic E-state index is 0.162. The van der Waals surface area contributed by atoms with Crippen LogP contribution in [0, 0.1) is 0 Å². The molecule has 0 amide bonds. The lowest BCUT2D eigenvalue weighted by molar-refractivity contribution is 0.238. The summed E-state index contributed by atoms with van der Waals surface area (Å²) in [4.78, 5) is 0. The van der Waals surface area contributed by atoms with E-state index in [2.05, 4.69) is 5.32 Å². The van der Waals surface area contributed by atoms with Crippen molar-refractivity contribution in [3.8, 4) is 0 Å². The van der Waals surface area contributed by atoms with Crippen LogP contribution in [0.3, 0.4) is 0 Å². The van der Waals surface area contributed by atoms with Gasteiger partial charge in [0.25, 0.3) is 0 Å². The smallest absolute Gasteiger partial charge is 0.0584 e. The number of benzene rings is 1. The number of nitrogen functional groups attached to an aromatic ring is 1. The van der Waals surface area contributed by atoms with Crippen LogP contribution in [0.4, 0.5) is 5.69 Å². The highest BCUT2D eigenvalue weighted by molar-refractivity contribution is 5.46. The molecule has 1 atom stereocenters. The highest BCUT2D eigenvalue weighted by Gasteiger charge is 2.04. The van der Waals surface area contributed by atoms with Gasteiger partial charge in [-0.15, -0.1) is 0 Å². The van der Waals surface area contributed by atoms with Crippen molar-refractivity contribution in [3.63, 3.8) is 0 Å². The van der Waals surface area contributed by atoms with Crippen molar-refractivity contribution in [2.45, 2.75) is 25.9 Å². The van der Waals surface area contributed by atoms with Crippen LogP contribution in [0.15, 0.2) is 24.3 Å². The predicted octanol–water partition coefficient (Wildman–Crippen LogP) is 1.13. The van der Waals surface area contributed by atoms with E-state index in [9.17, 15) is 0 Å². The average Bonchev–Trinajstić information content (AvgIpc) is 2.22. The fourth-order valence-electron chi connectivity index (χ4n) is 1.29. The maximum atomic E-state index is 8.98. The third-order valence-corrected chi connectivity index (χ3v) is 2.35. The SMILES string of the molecule is CC[C@@H](CO)NCc1ccccc1N. The molecule has 4 N–H and O–H groups in total. The van der Waals surface area contributed by atoms with Gasteiger partial charge in [-0.05, 0) is 18.1 Å². The largest absolute Gasteiger partial charge is 0.398 e. The monoisotopic (exact) mass is 194 g/mol. The van der Waals surface area contributed by atoms with Gasteiger partial charge in [-0.1, -0.05) is 25.1 Å². The molecule has 1 rings (SSSR count). The van der Waals surface area contributed by atoms with Gasteiger partial charge >= 0.3 is 0 Å². The number of nitrogens with two attached hydrogens (primary N) is 1. The highest BCUT2D eigenvalue weighted by Crippen LogP contribution is 2.10. The molecule has 0 bridgehead atoms. The van der Waals surface area contributed by atoms with E-state index in [-0.39, 0.29) is 12.6 Å². The Morgan fingerprint density at radius 3 is 2.71 bits per heavy atom. The minimum Gasteiger partial charge on any atom is -0.398 e. The molecule has 0 unspecified atom stereocenters. The third-order valence-electron chi connectivity index (χ3n) is 2.35. The number of hydrogen-bond donors (Lipinski definition) is 3. The molecular weight excluding hydrogens is 176 g/mol. The van der Waals surface area contributed by atoms with E-state index in [1.807, 2.05) is 31.2 Å². The topological polar surface area (TPSA) is 58.3 Å². The molecule has 0 spiro atoms. The number of hydrogen-bond acceptors (Lipinski definition) is 3. The lowest BCUT2D eigenvalue weighted by Crippen LogP contribution is -2.31. The first-order valence-corrected chi connectivity index (χ1v) is 4.95. The van der Waals surface area contributed by atoms with Crippen LogP contribution in [0.5, 0.6) is 0 Å². The molecule has 0 saturated heterocycles. The van der Waals surface area contributed by atoms with E-state index in [0.717, 1.165) is 17.7 Å². The number of para-hydroxylation sites is 1. The number of aliphatic hydroxyl groups excluding tert-OH is 1. The summed E-state index contributed by atoms with van der Waals surface area (Å²) in [6.45, 7) is 2.93. The van der Waals surface area contributed by atoms with Gasteiger partial charge in [0, 0.05) is 18.3 Å². The lowest BCUT2D eigenvalue weighted by Gasteiger charge is -2.14. The summed E-state index contributed by atoms with van der Waals surface area (Å²) < 4.78 is 0. The Hall–Kier alpha value is -1.06. The zero-order valence-electron chi connectivity index (χ0n) is 8.53. The van der Waals surface area contributed by atoms with Crippen LogP contribution >= 0.6 is 0 Å². The average molecular weight is 194 g/mol. The van der Waals surface area contributed by atoms with E-state index >= 15 is 0 Å². The Balaban J connectivity index is 2.49. The van der Waals surface area contributed by atoms with E-state index in [0.29, 0.717) is 6.54 Å². The van der Waals surface area contributed by atoms with Crippen molar-refractivity contribution in [3.05, 3.63) is 29.8 Å². The van der Waals surface area contributed by atoms with Crippen molar-refractivity contribution in [2.75, 3.05) is 12.3 Å². The van der Waals surface area contributed by atoms with E-state index < -0.39 is 0 Å². The zero-order valence-corrected chi connectivity index (χ0v) is 8.53. The highest BCUT2D eigenvalue weighted by atomic mass is 16.3. The Morgan fingerprint density at radius 1 is 1.43 bits per heavy atom. The molecule has 0 fully saturated rings. The fourth-order valence-corrected chi connectivity index (χ4v) is 1.29. The van der Waals surface area contributed by atoms with Gasteiger partial charge in [-0.3, -0.25) is 0 Å². The molecule has 0 heterocycles. The van der Waals surface area contributed by atoms with Crippen molar-refractivity contribution in [2.24, 2.45) is 0 Å². The Labute approximate surface area is 84.9 Å². The minimum atomic E-state index is 0.162. The van der Waals surface area contributed by atoms with E-state index in [1.165, 1.54) is 0 Å². The van der Waals surface area contributed by atoms with Gasteiger partial charge < -0.3 is 16.2 Å². The van der Waals surface area contributed by atoms with Gasteiger partial charge in [0.1, 0.15) is 0 Å². The molecule has 3 nitrogen and oxygen atoms in total. The summed E-state index contributed by atoms with van der Waals surface area (Å²) in [6, 6.07) is 7.92. The lowest BCUT2D eigenvalue weighted by atomic mass is 10.1. The van der Waals surface area contributed by atoms with Crippen molar-refractivity contribution in [1.29, 1.82) is 0 Å². The number of aliphatic hydroxyl groups is 1. The second-order valence-corrected chi connectivity index (χ2v) is 3.37. The third kappa shape index (κ3) is 3.01. The molecule has 1 aromatic carbocycles. The molecule has 0 aliphatic carbocycles. The van der Waals surface area contributed by atoms with E-state index in [4.69, 9.17) is 10.8 Å². The first-order valence-electron chi connectivity index (χ1n) is 4.95. The molecule has 0 radical (unpaired) electrons. The molecule has 0 aromatic heterocycles. The standard InChI is InChI=1S/C11H18N2O/c1-2-10(8-14)13-7-9-5-3-4-6-11(9)12/h3-6,10,13-14H,2,7-8,12H2,1H3/t10-/m0/s1. The molecule has 0 aliphatic rings. The molecule has 3 heteroatoms. The summed E-state index contributed by atoms with van der Waals surface area (Å²) >= 11 is 0. The van der Waals surface area contributed by atoms with Crippen LogP contribution in [0.2, 0.25) is 0 Å². The summed E-state index contributed by atoms with van der Waals surface area (Å²) in [5.74, 6) is 0. The number of anilines is 1. The predicted molar refractivity (Wildman–Crippen MR) is 58.9 cm³/mol. The molecular formula is C11H18N2O. The van der Waals surface area contributed by atoms with Crippen molar-refractivity contribution in [1.82, 2.24) is 5.32 Å². The van der Waals surface area contributed by atoms with Crippen LogP contribution in [0.1, 0.15) is 18.9 Å². The maximum absolute atomic E-state index is 8.98. The molecule has 0 aliphatic heterocycles. The van der Waals surface area contributed by atoms with Crippen LogP contribution in [-0.2, 0) is 6.54 Å². The van der Waals surface area contributed by atoms with Crippen LogP contribution in [-0.4, -0.2) is 17.8 Å². The van der Waals surface area contributed by atoms with Crippen LogP contribution < -0.4 is 11.1 Å². The summed E-state index contributed by atoms with van der Waals surface area (Å²) in [6.07, 6.45) is 0.920. The second-order valence-electron chi connectivity index (χ2n) is 3.37. The number of rotatable bonds is 5. The zero-order chi connectivity index (χ0) is 10.4. The normalized spacial score (nSPS) is 12.7. The van der Waals surface area contributed by atoms with Gasteiger partial charge in [-0.2, -0.15) is 0 Å². The fraction of sp³-hybridized carbons (Fsp3) is 0.455. The Kier molecular flexibility index (Phi) is 4.43. The summed E-state index contributed by atoms with van der Waals surface area (Å²) in [5, 5.41) is 12.2. The summed E-state index contributed by atoms with van der Waals surface area (Å²) in [5.41, 5.74) is 7.67. The molecule has 1 aromatic rings. The first kappa shape index (κ1) is 11.0. The summed E-state index contributed by atoms with van der Waals surface area (Å²) in [7, 11) is 0. The first-order chi connectivity index (χ1) is 6.77. The van der Waals surface area contributed by atoms with Gasteiger partial charge in [0.15, 0.2) is 0 Å². The number of nitrogens with one attached hydrogen (secondary N) is 1.